The van der Waals surface area contributed by atoms with Crippen molar-refractivity contribution < 1.29 is 0 Å². The fraction of sp³-hybridized carbons (Fsp3) is 0. The Bertz CT molecular complexity index is 2860. The highest BCUT2D eigenvalue weighted by Crippen LogP contribution is 2.44. The van der Waals surface area contributed by atoms with E-state index < -0.39 is 0 Å². The molecular formula is C46H28N4S2. The first-order valence-corrected chi connectivity index (χ1v) is 18.8. The molecule has 0 N–H and O–H groups in total. The molecule has 10 aromatic rings. The Morgan fingerprint density at radius 3 is 1.75 bits per heavy atom. The third kappa shape index (κ3) is 5.46. The summed E-state index contributed by atoms with van der Waals surface area (Å²) in [6, 6.07) is 59.2. The maximum absolute atomic E-state index is 5.18. The maximum atomic E-state index is 5.18. The van der Waals surface area contributed by atoms with Crippen molar-refractivity contribution >= 4 is 53.1 Å². The van der Waals surface area contributed by atoms with Gasteiger partial charge in [0.1, 0.15) is 5.01 Å². The third-order valence-electron chi connectivity index (χ3n) is 9.40. The van der Waals surface area contributed by atoms with Crippen LogP contribution < -0.4 is 0 Å². The highest BCUT2D eigenvalue weighted by atomic mass is 32.1. The van der Waals surface area contributed by atoms with Gasteiger partial charge in [-0.2, -0.15) is 0 Å². The maximum Gasteiger partial charge on any atom is 0.164 e. The smallest absolute Gasteiger partial charge is 0.164 e. The average molecular weight is 701 g/mol. The molecule has 0 atom stereocenters. The number of hydrogen-bond donors (Lipinski definition) is 0. The van der Waals surface area contributed by atoms with Crippen molar-refractivity contribution in [2.45, 2.75) is 0 Å². The monoisotopic (exact) mass is 700 g/mol. The Kier molecular flexibility index (Phi) is 7.48. The number of thiophene rings is 1. The SMILES string of the molecule is c1ccc(-c2cccc(-c3nc(-c4ccccc4)nc(-c4cccc5sc6c(-c7ccc(-c8nc9ccccc9s8)cc7)cccc6c45)n3)c2)cc1. The van der Waals surface area contributed by atoms with Crippen LogP contribution in [-0.2, 0) is 0 Å². The van der Waals surface area contributed by atoms with Crippen molar-refractivity contribution in [1.29, 1.82) is 0 Å². The van der Waals surface area contributed by atoms with Crippen molar-refractivity contribution in [1.82, 2.24) is 19.9 Å². The van der Waals surface area contributed by atoms with E-state index in [0.717, 1.165) is 49.3 Å². The summed E-state index contributed by atoms with van der Waals surface area (Å²) in [4.78, 5) is 20.2. The topological polar surface area (TPSA) is 51.6 Å². The van der Waals surface area contributed by atoms with Gasteiger partial charge in [0, 0.05) is 42.4 Å². The first-order chi connectivity index (χ1) is 25.7. The summed E-state index contributed by atoms with van der Waals surface area (Å²) in [6.45, 7) is 0. The summed E-state index contributed by atoms with van der Waals surface area (Å²) in [7, 11) is 0. The van der Waals surface area contributed by atoms with E-state index in [1.165, 1.54) is 30.6 Å². The van der Waals surface area contributed by atoms with Gasteiger partial charge in [0.2, 0.25) is 0 Å². The molecule has 52 heavy (non-hydrogen) atoms. The molecule has 6 heteroatoms. The molecule has 10 rings (SSSR count). The molecular weight excluding hydrogens is 673 g/mol. The normalized spacial score (nSPS) is 11.5. The second-order valence-electron chi connectivity index (χ2n) is 12.6. The second-order valence-corrected chi connectivity index (χ2v) is 14.7. The molecule has 0 fully saturated rings. The Morgan fingerprint density at radius 1 is 0.346 bits per heavy atom. The van der Waals surface area contributed by atoms with Crippen molar-refractivity contribution in [3.8, 4) is 67.0 Å². The number of benzene rings is 7. The number of para-hydroxylation sites is 1. The molecule has 4 nitrogen and oxygen atoms in total. The van der Waals surface area contributed by atoms with Gasteiger partial charge >= 0.3 is 0 Å². The van der Waals surface area contributed by atoms with E-state index in [1.54, 1.807) is 11.3 Å². The molecule has 3 aromatic heterocycles. The summed E-state index contributed by atoms with van der Waals surface area (Å²) >= 11 is 3.54. The number of rotatable bonds is 6. The Morgan fingerprint density at radius 2 is 0.942 bits per heavy atom. The van der Waals surface area contributed by atoms with Crippen LogP contribution in [0.25, 0.3) is 97.4 Å². The fourth-order valence-corrected chi connectivity index (χ4v) is 9.10. The van der Waals surface area contributed by atoms with E-state index >= 15 is 0 Å². The molecule has 0 radical (unpaired) electrons. The largest absolute Gasteiger partial charge is 0.236 e. The van der Waals surface area contributed by atoms with Gasteiger partial charge in [-0.15, -0.1) is 22.7 Å². The lowest BCUT2D eigenvalue weighted by Gasteiger charge is -2.10. The lowest BCUT2D eigenvalue weighted by molar-refractivity contribution is 1.08. The molecule has 0 saturated heterocycles. The summed E-state index contributed by atoms with van der Waals surface area (Å²) < 4.78 is 3.64. The minimum absolute atomic E-state index is 0.645. The van der Waals surface area contributed by atoms with Crippen LogP contribution in [0.5, 0.6) is 0 Å². The average Bonchev–Trinajstić information content (AvgIpc) is 3.84. The lowest BCUT2D eigenvalue weighted by atomic mass is 9.99. The predicted molar refractivity (Wildman–Crippen MR) is 219 cm³/mol. The molecule has 3 heterocycles. The van der Waals surface area contributed by atoms with Crippen LogP contribution in [0.3, 0.4) is 0 Å². The molecule has 244 valence electrons. The Balaban J connectivity index is 1.10. The van der Waals surface area contributed by atoms with Gasteiger partial charge in [0.15, 0.2) is 17.5 Å². The van der Waals surface area contributed by atoms with Gasteiger partial charge in [0.05, 0.1) is 10.2 Å². The molecule has 0 bridgehead atoms. The van der Waals surface area contributed by atoms with Gasteiger partial charge in [-0.25, -0.2) is 19.9 Å². The molecule has 0 spiro atoms. The van der Waals surface area contributed by atoms with Crippen molar-refractivity contribution in [3.63, 3.8) is 0 Å². The van der Waals surface area contributed by atoms with Crippen LogP contribution in [0.4, 0.5) is 0 Å². The number of fused-ring (bicyclic) bond motifs is 4. The van der Waals surface area contributed by atoms with Gasteiger partial charge in [-0.05, 0) is 46.5 Å². The Hall–Kier alpha value is -6.34. The molecule has 0 saturated carbocycles. The van der Waals surface area contributed by atoms with Crippen molar-refractivity contribution in [2.75, 3.05) is 0 Å². The van der Waals surface area contributed by atoms with E-state index in [2.05, 4.69) is 140 Å². The summed E-state index contributed by atoms with van der Waals surface area (Å²) in [5, 5.41) is 3.39. The van der Waals surface area contributed by atoms with Crippen LogP contribution in [0.15, 0.2) is 170 Å². The minimum atomic E-state index is 0.645. The zero-order valence-corrected chi connectivity index (χ0v) is 29.4. The molecule has 0 aliphatic heterocycles. The summed E-state index contributed by atoms with van der Waals surface area (Å²) in [5.74, 6) is 1.95. The molecule has 0 aliphatic carbocycles. The molecule has 0 amide bonds. The van der Waals surface area contributed by atoms with Crippen LogP contribution >= 0.6 is 22.7 Å². The Labute approximate surface area is 308 Å². The van der Waals surface area contributed by atoms with Crippen molar-refractivity contribution in [3.05, 3.63) is 170 Å². The minimum Gasteiger partial charge on any atom is -0.236 e. The van der Waals surface area contributed by atoms with Gasteiger partial charge < -0.3 is 0 Å². The number of thiazole rings is 1. The van der Waals surface area contributed by atoms with Crippen LogP contribution in [0.2, 0.25) is 0 Å². The molecule has 0 unspecified atom stereocenters. The quantitative estimate of drug-likeness (QED) is 0.173. The zero-order chi connectivity index (χ0) is 34.4. The third-order valence-corrected chi connectivity index (χ3v) is 11.7. The number of aromatic nitrogens is 4. The van der Waals surface area contributed by atoms with Crippen LogP contribution in [-0.4, -0.2) is 19.9 Å². The van der Waals surface area contributed by atoms with Crippen LogP contribution in [0, 0.1) is 0 Å². The highest BCUT2D eigenvalue weighted by Gasteiger charge is 2.19. The molecule has 0 aliphatic rings. The molecule has 7 aromatic carbocycles. The lowest BCUT2D eigenvalue weighted by Crippen LogP contribution is -2.00. The van der Waals surface area contributed by atoms with E-state index in [-0.39, 0.29) is 0 Å². The van der Waals surface area contributed by atoms with E-state index in [1.807, 2.05) is 41.7 Å². The number of hydrogen-bond acceptors (Lipinski definition) is 6. The first kappa shape index (κ1) is 30.5. The van der Waals surface area contributed by atoms with E-state index in [4.69, 9.17) is 19.9 Å². The predicted octanol–water partition coefficient (Wildman–Crippen LogP) is 12.9. The van der Waals surface area contributed by atoms with Crippen LogP contribution in [0.1, 0.15) is 0 Å². The van der Waals surface area contributed by atoms with Gasteiger partial charge in [-0.3, -0.25) is 0 Å². The first-order valence-electron chi connectivity index (χ1n) is 17.1. The highest BCUT2D eigenvalue weighted by molar-refractivity contribution is 7.26. The standard InChI is InChI=1S/C46H28N4S2/c1-3-12-29(13-4-1)33-16-9-17-34(28-33)44-48-43(31-14-5-2-6-15-31)49-45(50-44)37-20-11-23-40-41(37)36-19-10-18-35(42(36)51-40)30-24-26-32(27-25-30)46-47-38-21-7-8-22-39(38)52-46/h1-28H. The summed E-state index contributed by atoms with van der Waals surface area (Å²) in [6.07, 6.45) is 0. The van der Waals surface area contributed by atoms with E-state index in [9.17, 15) is 0 Å². The van der Waals surface area contributed by atoms with Gasteiger partial charge in [0.25, 0.3) is 0 Å². The van der Waals surface area contributed by atoms with Gasteiger partial charge in [-0.1, -0.05) is 146 Å². The summed E-state index contributed by atoms with van der Waals surface area (Å²) in [5.41, 5.74) is 9.71. The van der Waals surface area contributed by atoms with E-state index in [0.29, 0.717) is 17.5 Å². The second kappa shape index (κ2) is 12.8. The van der Waals surface area contributed by atoms with Crippen molar-refractivity contribution in [2.24, 2.45) is 0 Å². The fourth-order valence-electron chi connectivity index (χ4n) is 6.86. The zero-order valence-electron chi connectivity index (χ0n) is 27.8. The number of nitrogens with zero attached hydrogens (tertiary/aromatic N) is 4.